The molecule has 0 saturated heterocycles. The van der Waals surface area contributed by atoms with E-state index in [9.17, 15) is 18.0 Å². The van der Waals surface area contributed by atoms with Gasteiger partial charge in [0.15, 0.2) is 11.5 Å². The average Bonchev–Trinajstić information content (AvgIpc) is 2.98. The molecule has 0 atom stereocenters. The van der Waals surface area contributed by atoms with E-state index < -0.39 is 23.6 Å². The van der Waals surface area contributed by atoms with Gasteiger partial charge in [-0.3, -0.25) is 9.78 Å². The minimum atomic E-state index is -4.54. The van der Waals surface area contributed by atoms with E-state index in [-0.39, 0.29) is 5.56 Å². The van der Waals surface area contributed by atoms with Gasteiger partial charge < -0.3 is 14.8 Å². The number of halogens is 3. The van der Waals surface area contributed by atoms with Crippen molar-refractivity contribution >= 4 is 11.6 Å². The molecular formula is C19H17F3N2O3. The molecule has 0 bridgehead atoms. The molecule has 27 heavy (non-hydrogen) atoms. The van der Waals surface area contributed by atoms with E-state index in [1.165, 1.54) is 0 Å². The zero-order chi connectivity index (χ0) is 19.1. The van der Waals surface area contributed by atoms with Gasteiger partial charge in [0.1, 0.15) is 5.69 Å². The molecule has 8 heteroatoms. The van der Waals surface area contributed by atoms with Crippen LogP contribution in [0.15, 0.2) is 36.5 Å². The van der Waals surface area contributed by atoms with Gasteiger partial charge in [-0.05, 0) is 37.1 Å². The van der Waals surface area contributed by atoms with Crippen molar-refractivity contribution in [2.45, 2.75) is 44.1 Å². The lowest BCUT2D eigenvalue weighted by molar-refractivity contribution is -0.141. The number of amides is 1. The molecule has 1 aromatic heterocycles. The van der Waals surface area contributed by atoms with Crippen molar-refractivity contribution in [3.05, 3.63) is 47.8 Å². The van der Waals surface area contributed by atoms with Crippen LogP contribution in [-0.4, -0.2) is 16.7 Å². The highest BCUT2D eigenvalue weighted by Gasteiger charge is 2.42. The molecule has 1 aromatic carbocycles. The van der Waals surface area contributed by atoms with Crippen LogP contribution in [0.5, 0.6) is 11.5 Å². The van der Waals surface area contributed by atoms with Gasteiger partial charge >= 0.3 is 6.18 Å². The summed E-state index contributed by atoms with van der Waals surface area (Å²) in [6.07, 6.45) is 1.25. The van der Waals surface area contributed by atoms with Crippen LogP contribution in [0.1, 0.15) is 48.2 Å². The minimum absolute atomic E-state index is 0.0319. The van der Waals surface area contributed by atoms with Crippen molar-refractivity contribution in [3.8, 4) is 11.5 Å². The van der Waals surface area contributed by atoms with E-state index in [2.05, 4.69) is 10.3 Å². The first-order valence-corrected chi connectivity index (χ1v) is 8.71. The van der Waals surface area contributed by atoms with Crippen LogP contribution in [0, 0.1) is 0 Å². The summed E-state index contributed by atoms with van der Waals surface area (Å²) in [6.45, 7) is 0. The summed E-state index contributed by atoms with van der Waals surface area (Å²) in [7, 11) is 0. The Balaban J connectivity index is 1.46. The number of alkyl halides is 3. The average molecular weight is 378 g/mol. The van der Waals surface area contributed by atoms with Crippen LogP contribution in [-0.2, 0) is 6.18 Å². The largest absolute Gasteiger partial charge is 0.448 e. The Hall–Kier alpha value is -2.77. The lowest BCUT2D eigenvalue weighted by Crippen LogP contribution is -2.40. The Morgan fingerprint density at radius 2 is 1.78 bits per heavy atom. The van der Waals surface area contributed by atoms with E-state index in [0.717, 1.165) is 50.4 Å². The van der Waals surface area contributed by atoms with E-state index in [0.29, 0.717) is 17.2 Å². The number of fused-ring (bicyclic) bond motifs is 1. The standard InChI is InChI=1S/C19H17F3N2O3/c20-19(21,22)16-7-4-12(11-23-16)17(25)24-13-5-6-14-15(10-13)27-18(26-14)8-2-1-3-9-18/h4-7,10-11H,1-3,8-9H2,(H,24,25). The topological polar surface area (TPSA) is 60.5 Å². The number of benzene rings is 1. The van der Waals surface area contributed by atoms with Crippen LogP contribution in [0.25, 0.3) is 0 Å². The molecule has 1 amide bonds. The number of aromatic nitrogens is 1. The molecule has 2 aromatic rings. The second kappa shape index (κ2) is 6.44. The third-order valence-corrected chi connectivity index (χ3v) is 4.72. The number of carbonyl (C=O) groups excluding carboxylic acids is 1. The Morgan fingerprint density at radius 1 is 1.04 bits per heavy atom. The normalized spacial score (nSPS) is 17.7. The Morgan fingerprint density at radius 3 is 2.44 bits per heavy atom. The van der Waals surface area contributed by atoms with Crippen molar-refractivity contribution in [1.82, 2.24) is 4.98 Å². The molecule has 2 heterocycles. The monoisotopic (exact) mass is 378 g/mol. The predicted molar refractivity (Wildman–Crippen MR) is 90.7 cm³/mol. The first-order valence-electron chi connectivity index (χ1n) is 8.71. The Labute approximate surface area is 153 Å². The fourth-order valence-corrected chi connectivity index (χ4v) is 3.37. The van der Waals surface area contributed by atoms with Crippen LogP contribution in [0.4, 0.5) is 18.9 Å². The molecule has 0 radical (unpaired) electrons. The molecule has 4 rings (SSSR count). The molecule has 2 aliphatic rings. The highest BCUT2D eigenvalue weighted by molar-refractivity contribution is 6.04. The van der Waals surface area contributed by atoms with Crippen LogP contribution in [0.3, 0.4) is 0 Å². The maximum Gasteiger partial charge on any atom is 0.433 e. The number of hydrogen-bond acceptors (Lipinski definition) is 4. The van der Waals surface area contributed by atoms with Gasteiger partial charge in [0.25, 0.3) is 11.7 Å². The van der Waals surface area contributed by atoms with E-state index in [1.807, 2.05) is 0 Å². The molecule has 142 valence electrons. The zero-order valence-corrected chi connectivity index (χ0v) is 14.3. The van der Waals surface area contributed by atoms with Crippen molar-refractivity contribution < 1.29 is 27.4 Å². The van der Waals surface area contributed by atoms with Crippen LogP contribution < -0.4 is 14.8 Å². The fourth-order valence-electron chi connectivity index (χ4n) is 3.37. The summed E-state index contributed by atoms with van der Waals surface area (Å²) in [5.41, 5.74) is -0.542. The van der Waals surface area contributed by atoms with Gasteiger partial charge in [-0.1, -0.05) is 6.42 Å². The third kappa shape index (κ3) is 3.56. The number of nitrogens with zero attached hydrogens (tertiary/aromatic N) is 1. The van der Waals surface area contributed by atoms with Gasteiger partial charge in [0, 0.05) is 30.8 Å². The summed E-state index contributed by atoms with van der Waals surface area (Å²) in [5.74, 6) is 0.0226. The smallest absolute Gasteiger partial charge is 0.433 e. The maximum atomic E-state index is 12.6. The number of rotatable bonds is 2. The molecule has 1 saturated carbocycles. The Kier molecular flexibility index (Phi) is 4.20. The Bertz CT molecular complexity index is 859. The van der Waals surface area contributed by atoms with Gasteiger partial charge in [-0.2, -0.15) is 13.2 Å². The lowest BCUT2D eigenvalue weighted by Gasteiger charge is -2.31. The highest BCUT2D eigenvalue weighted by atomic mass is 19.4. The molecule has 5 nitrogen and oxygen atoms in total. The van der Waals surface area contributed by atoms with Crippen molar-refractivity contribution in [2.24, 2.45) is 0 Å². The predicted octanol–water partition coefficient (Wildman–Crippen LogP) is 4.78. The number of nitrogens with one attached hydrogen (secondary N) is 1. The quantitative estimate of drug-likeness (QED) is 0.817. The molecule has 1 fully saturated rings. The lowest BCUT2D eigenvalue weighted by atomic mass is 9.94. The maximum absolute atomic E-state index is 12.6. The molecule has 0 unspecified atom stereocenters. The van der Waals surface area contributed by atoms with Crippen LogP contribution in [0.2, 0.25) is 0 Å². The number of carbonyl (C=O) groups is 1. The number of ether oxygens (including phenoxy) is 2. The second-order valence-electron chi connectivity index (χ2n) is 6.72. The summed E-state index contributed by atoms with van der Waals surface area (Å²) in [5, 5.41) is 2.64. The SMILES string of the molecule is O=C(Nc1ccc2c(c1)OC1(CCCCC1)O2)c1ccc(C(F)(F)F)nc1. The molecule has 1 aliphatic carbocycles. The third-order valence-electron chi connectivity index (χ3n) is 4.72. The molecule has 1 spiro atoms. The van der Waals surface area contributed by atoms with Crippen molar-refractivity contribution in [3.63, 3.8) is 0 Å². The number of anilines is 1. The van der Waals surface area contributed by atoms with Crippen LogP contribution >= 0.6 is 0 Å². The van der Waals surface area contributed by atoms with Crippen molar-refractivity contribution in [1.29, 1.82) is 0 Å². The molecule has 1 N–H and O–H groups in total. The van der Waals surface area contributed by atoms with E-state index in [1.54, 1.807) is 18.2 Å². The summed E-state index contributed by atoms with van der Waals surface area (Å²) in [6, 6.07) is 6.92. The summed E-state index contributed by atoms with van der Waals surface area (Å²) >= 11 is 0. The van der Waals surface area contributed by atoms with Gasteiger partial charge in [0.05, 0.1) is 5.56 Å². The summed E-state index contributed by atoms with van der Waals surface area (Å²) < 4.78 is 49.6. The molecular weight excluding hydrogens is 361 g/mol. The molecule has 1 aliphatic heterocycles. The minimum Gasteiger partial charge on any atom is -0.448 e. The highest BCUT2D eigenvalue weighted by Crippen LogP contribution is 2.46. The van der Waals surface area contributed by atoms with E-state index >= 15 is 0 Å². The first-order chi connectivity index (χ1) is 12.8. The first kappa shape index (κ1) is 17.6. The number of hydrogen-bond donors (Lipinski definition) is 1. The van der Waals surface area contributed by atoms with Gasteiger partial charge in [-0.15, -0.1) is 0 Å². The van der Waals surface area contributed by atoms with Gasteiger partial charge in [-0.25, -0.2) is 0 Å². The summed E-state index contributed by atoms with van der Waals surface area (Å²) in [4.78, 5) is 15.6. The number of pyridine rings is 1. The zero-order valence-electron chi connectivity index (χ0n) is 14.3. The van der Waals surface area contributed by atoms with E-state index in [4.69, 9.17) is 9.47 Å². The fraction of sp³-hybridized carbons (Fsp3) is 0.368. The van der Waals surface area contributed by atoms with Gasteiger partial charge in [0.2, 0.25) is 0 Å². The van der Waals surface area contributed by atoms with Crippen molar-refractivity contribution in [2.75, 3.05) is 5.32 Å². The second-order valence-corrected chi connectivity index (χ2v) is 6.72.